The van der Waals surface area contributed by atoms with Crippen LogP contribution in [0.25, 0.3) is 0 Å². The molecule has 0 spiro atoms. The molecule has 0 bridgehead atoms. The van der Waals surface area contributed by atoms with E-state index in [1.807, 2.05) is 18.7 Å². The van der Waals surface area contributed by atoms with E-state index in [2.05, 4.69) is 15.6 Å². The minimum absolute atomic E-state index is 0.0123. The van der Waals surface area contributed by atoms with E-state index in [4.69, 9.17) is 4.42 Å². The van der Waals surface area contributed by atoms with Crippen molar-refractivity contribution in [3.8, 4) is 0 Å². The lowest BCUT2D eigenvalue weighted by atomic mass is 10.1. The molecule has 1 aliphatic heterocycles. The van der Waals surface area contributed by atoms with Crippen molar-refractivity contribution in [3.63, 3.8) is 0 Å². The Labute approximate surface area is 140 Å². The lowest BCUT2D eigenvalue weighted by molar-refractivity contribution is -0.120. The van der Waals surface area contributed by atoms with E-state index >= 15 is 0 Å². The molecule has 126 valence electrons. The van der Waals surface area contributed by atoms with E-state index < -0.39 is 0 Å². The van der Waals surface area contributed by atoms with Gasteiger partial charge in [-0.3, -0.25) is 9.59 Å². The molecular formula is C17H20N4O3. The fourth-order valence-corrected chi connectivity index (χ4v) is 2.80. The first-order valence-corrected chi connectivity index (χ1v) is 7.81. The van der Waals surface area contributed by atoms with Crippen LogP contribution in [0.1, 0.15) is 27.4 Å². The van der Waals surface area contributed by atoms with Crippen LogP contribution in [0.3, 0.4) is 0 Å². The van der Waals surface area contributed by atoms with Crippen LogP contribution in [-0.2, 0) is 4.79 Å². The van der Waals surface area contributed by atoms with E-state index in [1.54, 1.807) is 25.3 Å². The van der Waals surface area contributed by atoms with Crippen LogP contribution in [0, 0.1) is 20.8 Å². The summed E-state index contributed by atoms with van der Waals surface area (Å²) in [7, 11) is 0. The molecule has 0 aliphatic carbocycles. The summed E-state index contributed by atoms with van der Waals surface area (Å²) >= 11 is 0. The number of carbonyl (C=O) groups is 2. The molecule has 2 aromatic rings. The summed E-state index contributed by atoms with van der Waals surface area (Å²) in [5.41, 5.74) is 2.00. The number of nitrogens with one attached hydrogen (secondary N) is 2. The van der Waals surface area contributed by atoms with Gasteiger partial charge in [0.25, 0.3) is 5.91 Å². The Morgan fingerprint density at radius 1 is 1.29 bits per heavy atom. The lowest BCUT2D eigenvalue weighted by Gasteiger charge is -2.27. The zero-order chi connectivity index (χ0) is 17.3. The predicted octanol–water partition coefficient (Wildman–Crippen LogP) is 1.79. The molecule has 2 amide bonds. The molecule has 0 aromatic carbocycles. The molecule has 24 heavy (non-hydrogen) atoms. The Morgan fingerprint density at radius 3 is 2.67 bits per heavy atom. The number of nitrogens with zero attached hydrogens (tertiary/aromatic N) is 2. The number of piperazine rings is 1. The average Bonchev–Trinajstić information content (AvgIpc) is 2.80. The van der Waals surface area contributed by atoms with Gasteiger partial charge in [0.2, 0.25) is 5.91 Å². The van der Waals surface area contributed by atoms with Gasteiger partial charge in [0, 0.05) is 18.7 Å². The summed E-state index contributed by atoms with van der Waals surface area (Å²) in [6, 6.07) is 3.58. The van der Waals surface area contributed by atoms with Gasteiger partial charge in [-0.15, -0.1) is 0 Å². The van der Waals surface area contributed by atoms with Gasteiger partial charge in [0.05, 0.1) is 24.0 Å². The topological polar surface area (TPSA) is 87.5 Å². The zero-order valence-electron chi connectivity index (χ0n) is 14.0. The van der Waals surface area contributed by atoms with Gasteiger partial charge in [-0.1, -0.05) is 0 Å². The molecule has 1 fully saturated rings. The Bertz CT molecular complexity index is 780. The number of anilines is 2. The molecule has 7 nitrogen and oxygen atoms in total. The lowest BCUT2D eigenvalue weighted by Crippen LogP contribution is -2.48. The van der Waals surface area contributed by atoms with Gasteiger partial charge >= 0.3 is 0 Å². The van der Waals surface area contributed by atoms with Gasteiger partial charge < -0.3 is 20.0 Å². The molecular weight excluding hydrogens is 308 g/mol. The van der Waals surface area contributed by atoms with Crippen LogP contribution < -0.4 is 15.5 Å². The largest absolute Gasteiger partial charge is 0.466 e. The highest BCUT2D eigenvalue weighted by Gasteiger charge is 2.20. The van der Waals surface area contributed by atoms with Gasteiger partial charge in [0.1, 0.15) is 17.3 Å². The molecule has 1 saturated heterocycles. The third-order valence-electron chi connectivity index (χ3n) is 4.16. The summed E-state index contributed by atoms with van der Waals surface area (Å²) in [5.74, 6) is 1.84. The van der Waals surface area contributed by atoms with Crippen LogP contribution in [0.15, 0.2) is 22.7 Å². The van der Waals surface area contributed by atoms with Crippen molar-refractivity contribution in [2.75, 3.05) is 29.9 Å². The molecule has 0 radical (unpaired) electrons. The van der Waals surface area contributed by atoms with Gasteiger partial charge in [-0.25, -0.2) is 4.98 Å². The third kappa shape index (κ3) is 3.10. The van der Waals surface area contributed by atoms with Crippen molar-refractivity contribution >= 4 is 23.3 Å². The number of carbonyl (C=O) groups excluding carboxylic acids is 2. The summed E-state index contributed by atoms with van der Waals surface area (Å²) in [6.45, 7) is 7.10. The number of furan rings is 1. The van der Waals surface area contributed by atoms with Crippen molar-refractivity contribution in [3.05, 3.63) is 41.0 Å². The fraction of sp³-hybridized carbons (Fsp3) is 0.353. The van der Waals surface area contributed by atoms with Crippen molar-refractivity contribution in [1.82, 2.24) is 10.3 Å². The number of aromatic nitrogens is 1. The smallest absolute Gasteiger partial charge is 0.259 e. The molecule has 0 atom stereocenters. The van der Waals surface area contributed by atoms with Crippen molar-refractivity contribution < 1.29 is 14.0 Å². The Kier molecular flexibility index (Phi) is 4.24. The second-order valence-corrected chi connectivity index (χ2v) is 5.85. The summed E-state index contributed by atoms with van der Waals surface area (Å²) in [5, 5.41) is 5.61. The molecule has 3 heterocycles. The van der Waals surface area contributed by atoms with Gasteiger partial charge in [0.15, 0.2) is 0 Å². The van der Waals surface area contributed by atoms with Crippen LogP contribution in [-0.4, -0.2) is 36.4 Å². The first kappa shape index (κ1) is 16.0. The standard InChI is InChI=1S/C17H20N4O3/c1-10-11(2)24-12(3)16(10)17(23)20-13-4-5-14(19-8-13)21-7-6-18-15(22)9-21/h4-5,8H,6-7,9H2,1-3H3,(H,18,22)(H,20,23). The first-order chi connectivity index (χ1) is 11.5. The third-order valence-corrected chi connectivity index (χ3v) is 4.16. The van der Waals surface area contributed by atoms with Gasteiger partial charge in [-0.05, 0) is 32.9 Å². The van der Waals surface area contributed by atoms with E-state index in [-0.39, 0.29) is 11.8 Å². The SMILES string of the molecule is Cc1oc(C)c(C(=O)Nc2ccc(N3CCNC(=O)C3)nc2)c1C. The maximum absolute atomic E-state index is 12.4. The number of pyridine rings is 1. The Morgan fingerprint density at radius 2 is 2.08 bits per heavy atom. The number of rotatable bonds is 3. The monoisotopic (exact) mass is 328 g/mol. The molecule has 7 heteroatoms. The van der Waals surface area contributed by atoms with E-state index in [0.29, 0.717) is 30.1 Å². The summed E-state index contributed by atoms with van der Waals surface area (Å²) in [6.07, 6.45) is 1.59. The first-order valence-electron chi connectivity index (χ1n) is 7.81. The normalized spacial score (nSPS) is 14.5. The van der Waals surface area contributed by atoms with Crippen LogP contribution in [0.5, 0.6) is 0 Å². The second-order valence-electron chi connectivity index (χ2n) is 5.85. The highest BCUT2D eigenvalue weighted by Crippen LogP contribution is 2.22. The van der Waals surface area contributed by atoms with E-state index in [0.717, 1.165) is 23.7 Å². The molecule has 2 aromatic heterocycles. The summed E-state index contributed by atoms with van der Waals surface area (Å²) < 4.78 is 5.49. The molecule has 3 rings (SSSR count). The van der Waals surface area contributed by atoms with E-state index in [1.165, 1.54) is 0 Å². The average molecular weight is 328 g/mol. The van der Waals surface area contributed by atoms with Crippen molar-refractivity contribution in [2.24, 2.45) is 0 Å². The Hall–Kier alpha value is -2.83. The predicted molar refractivity (Wildman–Crippen MR) is 90.3 cm³/mol. The highest BCUT2D eigenvalue weighted by molar-refractivity contribution is 6.06. The number of hydrogen-bond acceptors (Lipinski definition) is 5. The minimum Gasteiger partial charge on any atom is -0.466 e. The van der Waals surface area contributed by atoms with Crippen LogP contribution >= 0.6 is 0 Å². The molecule has 0 saturated carbocycles. The number of hydrogen-bond donors (Lipinski definition) is 2. The number of amides is 2. The zero-order valence-corrected chi connectivity index (χ0v) is 14.0. The van der Waals surface area contributed by atoms with Crippen molar-refractivity contribution in [2.45, 2.75) is 20.8 Å². The van der Waals surface area contributed by atoms with Gasteiger partial charge in [-0.2, -0.15) is 0 Å². The molecule has 0 unspecified atom stereocenters. The van der Waals surface area contributed by atoms with E-state index in [9.17, 15) is 9.59 Å². The maximum Gasteiger partial charge on any atom is 0.259 e. The highest BCUT2D eigenvalue weighted by atomic mass is 16.3. The quantitative estimate of drug-likeness (QED) is 0.897. The molecule has 2 N–H and O–H groups in total. The fourth-order valence-electron chi connectivity index (χ4n) is 2.80. The Balaban J connectivity index is 1.72. The summed E-state index contributed by atoms with van der Waals surface area (Å²) in [4.78, 5) is 30.1. The molecule has 1 aliphatic rings. The minimum atomic E-state index is -0.214. The maximum atomic E-state index is 12.4. The van der Waals surface area contributed by atoms with Crippen LogP contribution in [0.4, 0.5) is 11.5 Å². The van der Waals surface area contributed by atoms with Crippen molar-refractivity contribution in [1.29, 1.82) is 0 Å². The second kappa shape index (κ2) is 6.35. The number of aryl methyl sites for hydroxylation is 2. The van der Waals surface area contributed by atoms with Crippen LogP contribution in [0.2, 0.25) is 0 Å².